The zero-order valence-corrected chi connectivity index (χ0v) is 12.6. The minimum Gasteiger partial charge on any atom is -0.377 e. The molecule has 0 aliphatic heterocycles. The minimum atomic E-state index is -0.992. The van der Waals surface area contributed by atoms with Gasteiger partial charge in [-0.2, -0.15) is 0 Å². The maximum Gasteiger partial charge on any atom is 0.185 e. The third-order valence-corrected chi connectivity index (χ3v) is 2.99. The highest BCUT2D eigenvalue weighted by Crippen LogP contribution is 2.01. The number of guanidine groups is 2. The molecule has 128 valence electrons. The van der Waals surface area contributed by atoms with E-state index in [2.05, 4.69) is 16.0 Å². The molecule has 10 nitrogen and oxygen atoms in total. The predicted octanol–water partition coefficient (Wildman–Crippen LogP) is -2.68. The van der Waals surface area contributed by atoms with Gasteiger partial charge in [-0.3, -0.25) is 16.1 Å². The number of hydrogen-bond acceptors (Lipinski definition) is 6. The zero-order chi connectivity index (χ0) is 17.0. The molecule has 0 aromatic heterocycles. The van der Waals surface area contributed by atoms with E-state index in [1.54, 1.807) is 0 Å². The first kappa shape index (κ1) is 20.1. The van der Waals surface area contributed by atoms with Crippen molar-refractivity contribution in [2.24, 2.45) is 17.2 Å². The average Bonchev–Trinajstić information content (AvgIpc) is 2.45. The lowest BCUT2D eigenvalue weighted by molar-refractivity contribution is -0.110. The summed E-state index contributed by atoms with van der Waals surface area (Å²) < 4.78 is 0. The van der Waals surface area contributed by atoms with E-state index in [0.717, 1.165) is 6.29 Å². The largest absolute Gasteiger partial charge is 0.377 e. The van der Waals surface area contributed by atoms with Gasteiger partial charge in [0.05, 0.1) is 6.04 Å². The second kappa shape index (κ2) is 11.7. The molecule has 1 unspecified atom stereocenters. The summed E-state index contributed by atoms with van der Waals surface area (Å²) in [6, 6.07) is -1.03. The van der Waals surface area contributed by atoms with Crippen LogP contribution < -0.4 is 33.2 Å². The lowest BCUT2D eigenvalue weighted by Crippen LogP contribution is -2.50. The Balaban J connectivity index is 3.91. The molecule has 0 heterocycles. The second-order valence-corrected chi connectivity index (χ2v) is 4.98. The number of nitrogens with one attached hydrogen (secondary N) is 5. The highest BCUT2D eigenvalue weighted by Gasteiger charge is 2.18. The number of aliphatic hydroxyl groups excluding tert-OH is 1. The number of carbonyl (C=O) groups is 1. The summed E-state index contributed by atoms with van der Waals surface area (Å²) in [5, 5.41) is 32.0. The Bertz CT molecular complexity index is 352. The van der Waals surface area contributed by atoms with Crippen molar-refractivity contribution < 1.29 is 9.90 Å². The van der Waals surface area contributed by atoms with E-state index in [4.69, 9.17) is 28.0 Å². The van der Waals surface area contributed by atoms with Gasteiger partial charge in [0.15, 0.2) is 11.9 Å². The second-order valence-electron chi connectivity index (χ2n) is 4.98. The van der Waals surface area contributed by atoms with Crippen molar-refractivity contribution in [3.8, 4) is 0 Å². The number of hydrogen-bond donors (Lipinski definition) is 9. The summed E-state index contributed by atoms with van der Waals surface area (Å²) in [4.78, 5) is 11.0. The Morgan fingerprint density at radius 2 is 1.59 bits per heavy atom. The van der Waals surface area contributed by atoms with E-state index in [1.165, 1.54) is 0 Å². The molecule has 0 bridgehead atoms. The van der Waals surface area contributed by atoms with Crippen LogP contribution in [0.2, 0.25) is 0 Å². The van der Waals surface area contributed by atoms with Gasteiger partial charge in [-0.15, -0.1) is 0 Å². The molecule has 3 atom stereocenters. The Labute approximate surface area is 130 Å². The number of rotatable bonds is 12. The van der Waals surface area contributed by atoms with Gasteiger partial charge in [0.1, 0.15) is 12.5 Å². The van der Waals surface area contributed by atoms with E-state index in [-0.39, 0.29) is 11.9 Å². The maximum atomic E-state index is 11.0. The van der Waals surface area contributed by atoms with Gasteiger partial charge in [-0.1, -0.05) is 0 Å². The Morgan fingerprint density at radius 3 is 2.05 bits per heavy atom. The summed E-state index contributed by atoms with van der Waals surface area (Å²) in [5.41, 5.74) is 16.1. The highest BCUT2D eigenvalue weighted by atomic mass is 16.3. The van der Waals surface area contributed by atoms with Crippen LogP contribution in [0.3, 0.4) is 0 Å². The minimum absolute atomic E-state index is 0.104. The van der Waals surface area contributed by atoms with Crippen LogP contribution in [-0.2, 0) is 4.79 Å². The molecule has 0 fully saturated rings. The van der Waals surface area contributed by atoms with Crippen LogP contribution in [0, 0.1) is 10.8 Å². The van der Waals surface area contributed by atoms with Crippen molar-refractivity contribution in [2.45, 2.75) is 44.0 Å². The first-order valence-corrected chi connectivity index (χ1v) is 7.17. The van der Waals surface area contributed by atoms with Gasteiger partial charge in [0.2, 0.25) is 0 Å². The normalized spacial score (nSPS) is 14.6. The fraction of sp³-hybridized carbons (Fsp3) is 0.750. The van der Waals surface area contributed by atoms with Crippen LogP contribution in [0.25, 0.3) is 0 Å². The monoisotopic (exact) mass is 316 g/mol. The molecule has 0 saturated heterocycles. The van der Waals surface area contributed by atoms with Crippen LogP contribution in [0.15, 0.2) is 0 Å². The van der Waals surface area contributed by atoms with E-state index in [9.17, 15) is 9.90 Å². The molecule has 0 saturated carbocycles. The summed E-state index contributed by atoms with van der Waals surface area (Å²) in [6.07, 6.45) is 2.02. The van der Waals surface area contributed by atoms with Crippen LogP contribution in [0.5, 0.6) is 0 Å². The van der Waals surface area contributed by atoms with Crippen molar-refractivity contribution in [1.82, 2.24) is 16.0 Å². The number of aliphatic hydroxyl groups is 1. The molecule has 0 spiro atoms. The molecule has 0 aromatic carbocycles. The number of nitrogens with two attached hydrogens (primary N) is 3. The first-order valence-electron chi connectivity index (χ1n) is 7.17. The maximum absolute atomic E-state index is 11.0. The van der Waals surface area contributed by atoms with Gasteiger partial charge in [-0.25, -0.2) is 0 Å². The lowest BCUT2D eigenvalue weighted by atomic mass is 10.1. The zero-order valence-electron chi connectivity index (χ0n) is 12.6. The molecule has 22 heavy (non-hydrogen) atoms. The lowest BCUT2D eigenvalue weighted by Gasteiger charge is -2.23. The first-order chi connectivity index (χ1) is 10.4. The van der Waals surface area contributed by atoms with Crippen molar-refractivity contribution in [2.75, 3.05) is 13.1 Å². The molecular formula is C12H28N8O2. The highest BCUT2D eigenvalue weighted by molar-refractivity contribution is 5.74. The molecule has 0 aliphatic rings. The van der Waals surface area contributed by atoms with Gasteiger partial charge < -0.3 is 37.7 Å². The average molecular weight is 316 g/mol. The van der Waals surface area contributed by atoms with E-state index in [1.807, 2.05) is 0 Å². The fourth-order valence-electron chi connectivity index (χ4n) is 1.80. The van der Waals surface area contributed by atoms with Crippen molar-refractivity contribution in [3.05, 3.63) is 0 Å². The van der Waals surface area contributed by atoms with Crippen LogP contribution >= 0.6 is 0 Å². The molecule has 0 radical (unpaired) electrons. The van der Waals surface area contributed by atoms with Gasteiger partial charge >= 0.3 is 0 Å². The molecule has 0 amide bonds. The van der Waals surface area contributed by atoms with Crippen molar-refractivity contribution in [3.63, 3.8) is 0 Å². The molecular weight excluding hydrogens is 288 g/mol. The standard InChI is InChI=1S/C12H28N8O2/c13-9(4-2-6-19-12(16)17)10(22)20-8(7-21)3-1-5-18-11(14)15/h7-10,20,22H,1-6,13H2,(H4,14,15,18)(H4,16,17,19)/t8-,9-,10?/m1/s1. The van der Waals surface area contributed by atoms with E-state index in [0.29, 0.717) is 38.8 Å². The molecule has 0 rings (SSSR count). The van der Waals surface area contributed by atoms with Crippen LogP contribution in [-0.4, -0.2) is 54.7 Å². The van der Waals surface area contributed by atoms with Gasteiger partial charge in [0.25, 0.3) is 0 Å². The van der Waals surface area contributed by atoms with Crippen molar-refractivity contribution >= 4 is 18.2 Å². The summed E-state index contributed by atoms with van der Waals surface area (Å²) in [6.45, 7) is 0.990. The summed E-state index contributed by atoms with van der Waals surface area (Å²) in [5.74, 6) is -0.218. The van der Waals surface area contributed by atoms with Gasteiger partial charge in [-0.05, 0) is 25.7 Å². The van der Waals surface area contributed by atoms with Crippen LogP contribution in [0.1, 0.15) is 25.7 Å². The molecule has 12 N–H and O–H groups in total. The molecule has 0 aliphatic carbocycles. The quantitative estimate of drug-likeness (QED) is 0.0609. The molecule has 0 aromatic rings. The SMILES string of the molecule is N=C(N)NCCC[C@@H](N)C(O)N[C@@H](C=O)CCCNC(=N)N. The van der Waals surface area contributed by atoms with E-state index < -0.39 is 18.3 Å². The Morgan fingerprint density at radius 1 is 1.09 bits per heavy atom. The van der Waals surface area contributed by atoms with E-state index >= 15 is 0 Å². The Kier molecular flexibility index (Phi) is 10.7. The van der Waals surface area contributed by atoms with Crippen molar-refractivity contribution in [1.29, 1.82) is 10.8 Å². The summed E-state index contributed by atoms with van der Waals surface area (Å²) in [7, 11) is 0. The fourth-order valence-corrected chi connectivity index (χ4v) is 1.80. The predicted molar refractivity (Wildman–Crippen MR) is 85.3 cm³/mol. The third-order valence-electron chi connectivity index (χ3n) is 2.99. The van der Waals surface area contributed by atoms with Crippen LogP contribution in [0.4, 0.5) is 0 Å². The Hall–Kier alpha value is -1.91. The number of aldehydes is 1. The topological polar surface area (TPSA) is 199 Å². The number of carbonyl (C=O) groups excluding carboxylic acids is 1. The third kappa shape index (κ3) is 10.8. The van der Waals surface area contributed by atoms with Gasteiger partial charge in [0, 0.05) is 19.1 Å². The summed E-state index contributed by atoms with van der Waals surface area (Å²) >= 11 is 0. The smallest absolute Gasteiger partial charge is 0.185 e. The molecule has 10 heteroatoms.